The maximum absolute atomic E-state index is 13.2. The number of carboxylic acid groups (broad SMARTS) is 1. The van der Waals surface area contributed by atoms with E-state index in [2.05, 4.69) is 5.32 Å². The van der Waals surface area contributed by atoms with Crippen LogP contribution in [0.25, 0.3) is 11.1 Å². The van der Waals surface area contributed by atoms with E-state index in [4.69, 9.17) is 4.74 Å². The van der Waals surface area contributed by atoms with Crippen molar-refractivity contribution < 1.29 is 44.8 Å². The number of aliphatic hydroxyl groups excluding tert-OH is 1. The Bertz CT molecular complexity index is 1020. The fourth-order valence-electron chi connectivity index (χ4n) is 4.89. The maximum Gasteiger partial charge on any atom is 1.00 e. The van der Waals surface area contributed by atoms with Crippen molar-refractivity contribution in [3.05, 3.63) is 59.2 Å². The van der Waals surface area contributed by atoms with Gasteiger partial charge in [-0.25, -0.2) is 4.79 Å². The van der Waals surface area contributed by atoms with E-state index in [9.17, 15) is 19.8 Å². The summed E-state index contributed by atoms with van der Waals surface area (Å²) in [7, 11) is 0. The number of carboxylic acids is 1. The third-order valence-electron chi connectivity index (χ3n) is 6.89. The topological polar surface area (TPSA) is 95.9 Å². The molecule has 37 heavy (non-hydrogen) atoms. The minimum absolute atomic E-state index is 0. The van der Waals surface area contributed by atoms with Crippen LogP contribution in [0.4, 0.5) is 0 Å². The molecule has 8 heteroatoms. The zero-order valence-corrected chi connectivity index (χ0v) is 23.2. The van der Waals surface area contributed by atoms with Crippen LogP contribution in [0.2, 0.25) is 0 Å². The summed E-state index contributed by atoms with van der Waals surface area (Å²) in [5, 5.41) is 22.7. The number of amides is 1. The smallest absolute Gasteiger partial charge is 1.00 e. The number of carbonyl (C=O) groups is 2. The van der Waals surface area contributed by atoms with Crippen LogP contribution in [-0.2, 0) is 16.1 Å². The molecule has 2 aromatic rings. The summed E-state index contributed by atoms with van der Waals surface area (Å²) in [6.07, 6.45) is 8.78. The van der Waals surface area contributed by atoms with Gasteiger partial charge in [0.2, 0.25) is 0 Å². The molecule has 2 aromatic carbocycles. The fourth-order valence-corrected chi connectivity index (χ4v) is 5.37. The predicted octanol–water partition coefficient (Wildman–Crippen LogP) is 2.56. The quantitative estimate of drug-likeness (QED) is 0.351. The number of benzene rings is 2. The molecule has 1 saturated carbocycles. The fraction of sp³-hybridized carbons (Fsp3) is 0.517. The molecule has 1 amide bonds. The number of aliphatic carboxylic acids is 1. The van der Waals surface area contributed by atoms with Crippen LogP contribution < -0.4 is 24.2 Å². The summed E-state index contributed by atoms with van der Waals surface area (Å²) in [4.78, 5) is 24.9. The molecule has 6 nitrogen and oxygen atoms in total. The molecular weight excluding hydrogens is 481 g/mol. The summed E-state index contributed by atoms with van der Waals surface area (Å²) in [6.45, 7) is 2.60. The standard InChI is InChI=1S/C29H39NO5S.Li.H/c1-20-8-6-7-11-24(20)26-17-22(18-35-19-23(31)16-21-9-4-3-5-10-21)12-13-25(26)28(32)30-27(29(33)34)14-15-36-2;;/h6-8,11-13,17,21,23,27,31H,3-5,9-10,14-16,18-19H2,1-2H3,(H,30,32)(H,33,34);;/q;+1;-1. The van der Waals surface area contributed by atoms with Crippen molar-refractivity contribution in [2.24, 2.45) is 5.92 Å². The van der Waals surface area contributed by atoms with E-state index in [0.29, 0.717) is 30.3 Å². The van der Waals surface area contributed by atoms with E-state index in [0.717, 1.165) is 28.7 Å². The Balaban J connectivity index is 0.00000361. The van der Waals surface area contributed by atoms with Gasteiger partial charge in [-0.2, -0.15) is 11.8 Å². The number of nitrogens with one attached hydrogen (secondary N) is 1. The average Bonchev–Trinajstić information content (AvgIpc) is 2.87. The van der Waals surface area contributed by atoms with Crippen LogP contribution in [0.15, 0.2) is 42.5 Å². The minimum Gasteiger partial charge on any atom is -1.00 e. The number of aliphatic hydroxyl groups is 1. The molecule has 0 radical (unpaired) electrons. The Labute approximate surface area is 238 Å². The van der Waals surface area contributed by atoms with E-state index >= 15 is 0 Å². The Morgan fingerprint density at radius 1 is 1.14 bits per heavy atom. The molecule has 1 aliphatic carbocycles. The van der Waals surface area contributed by atoms with Gasteiger partial charge in [0, 0.05) is 5.56 Å². The molecule has 0 saturated heterocycles. The molecule has 1 fully saturated rings. The molecule has 0 heterocycles. The first-order valence-electron chi connectivity index (χ1n) is 12.9. The van der Waals surface area contributed by atoms with Crippen LogP contribution in [0.3, 0.4) is 0 Å². The van der Waals surface area contributed by atoms with Crippen molar-refractivity contribution in [2.75, 3.05) is 18.6 Å². The van der Waals surface area contributed by atoms with Gasteiger partial charge < -0.3 is 21.7 Å². The van der Waals surface area contributed by atoms with Crippen molar-refractivity contribution in [3.8, 4) is 11.1 Å². The predicted molar refractivity (Wildman–Crippen MR) is 146 cm³/mol. The van der Waals surface area contributed by atoms with Gasteiger partial charge in [0.05, 0.1) is 19.3 Å². The molecule has 0 aliphatic heterocycles. The van der Waals surface area contributed by atoms with Crippen molar-refractivity contribution in [1.82, 2.24) is 5.32 Å². The largest absolute Gasteiger partial charge is 1.00 e. The van der Waals surface area contributed by atoms with Crippen LogP contribution in [-0.4, -0.2) is 52.9 Å². The normalized spacial score (nSPS) is 15.4. The molecule has 0 aromatic heterocycles. The van der Waals surface area contributed by atoms with Gasteiger partial charge in [-0.15, -0.1) is 0 Å². The Hall–Kier alpha value is -1.75. The molecule has 0 bridgehead atoms. The summed E-state index contributed by atoms with van der Waals surface area (Å²) >= 11 is 1.55. The second-order valence-electron chi connectivity index (χ2n) is 9.75. The molecule has 1 aliphatic rings. The van der Waals surface area contributed by atoms with Gasteiger partial charge >= 0.3 is 24.8 Å². The van der Waals surface area contributed by atoms with Gasteiger partial charge in [0.25, 0.3) is 5.91 Å². The van der Waals surface area contributed by atoms with Gasteiger partial charge in [0.1, 0.15) is 6.04 Å². The SMILES string of the molecule is CSCCC(NC(=O)c1ccc(COCC(O)CC2CCCCC2)cc1-c1ccccc1C)C(=O)O.[H-].[Li+]. The van der Waals surface area contributed by atoms with Crippen LogP contribution >= 0.6 is 11.8 Å². The first-order chi connectivity index (χ1) is 17.4. The summed E-state index contributed by atoms with van der Waals surface area (Å²) < 4.78 is 5.85. The van der Waals surface area contributed by atoms with Gasteiger partial charge in [0.15, 0.2) is 0 Å². The van der Waals surface area contributed by atoms with Crippen molar-refractivity contribution in [1.29, 1.82) is 0 Å². The van der Waals surface area contributed by atoms with Crippen LogP contribution in [0, 0.1) is 12.8 Å². The third-order valence-corrected chi connectivity index (χ3v) is 7.53. The van der Waals surface area contributed by atoms with Gasteiger partial charge in [-0.05, 0) is 72.1 Å². The van der Waals surface area contributed by atoms with Crippen LogP contribution in [0.5, 0.6) is 0 Å². The number of aryl methyl sites for hydroxylation is 1. The average molecular weight is 522 g/mol. The summed E-state index contributed by atoms with van der Waals surface area (Å²) in [5.41, 5.74) is 4.00. The number of hydrogen-bond acceptors (Lipinski definition) is 5. The zero-order chi connectivity index (χ0) is 25.9. The van der Waals surface area contributed by atoms with E-state index < -0.39 is 24.0 Å². The van der Waals surface area contributed by atoms with Crippen molar-refractivity contribution in [3.63, 3.8) is 0 Å². The number of thioether (sulfide) groups is 1. The molecule has 3 N–H and O–H groups in total. The number of ether oxygens (including phenoxy) is 1. The molecule has 2 atom stereocenters. The van der Waals surface area contributed by atoms with E-state index in [-0.39, 0.29) is 26.9 Å². The van der Waals surface area contributed by atoms with Gasteiger partial charge in [-0.1, -0.05) is 62.4 Å². The molecular formula is C29H40LiNO5S. The Kier molecular flexibility index (Phi) is 13.8. The summed E-state index contributed by atoms with van der Waals surface area (Å²) in [5.74, 6) is -0.206. The van der Waals surface area contributed by atoms with E-state index in [1.807, 2.05) is 49.6 Å². The summed E-state index contributed by atoms with van der Waals surface area (Å²) in [6, 6.07) is 12.4. The Morgan fingerprint density at radius 3 is 2.54 bits per heavy atom. The second kappa shape index (κ2) is 16.3. The Morgan fingerprint density at radius 2 is 1.86 bits per heavy atom. The number of hydrogen-bond donors (Lipinski definition) is 3. The second-order valence-corrected chi connectivity index (χ2v) is 10.7. The first kappa shape index (κ1) is 31.5. The molecule has 2 unspecified atom stereocenters. The first-order valence-corrected chi connectivity index (χ1v) is 14.3. The van der Waals surface area contributed by atoms with Crippen molar-refractivity contribution >= 4 is 23.6 Å². The van der Waals surface area contributed by atoms with Crippen LogP contribution in [0.1, 0.15) is 67.9 Å². The van der Waals surface area contributed by atoms with Gasteiger partial charge in [-0.3, -0.25) is 4.79 Å². The monoisotopic (exact) mass is 521 g/mol. The molecule has 198 valence electrons. The van der Waals surface area contributed by atoms with E-state index in [1.54, 1.807) is 17.8 Å². The van der Waals surface area contributed by atoms with Crippen molar-refractivity contribution in [2.45, 2.75) is 70.6 Å². The third kappa shape index (κ3) is 9.81. The number of carbonyl (C=O) groups excluding carboxylic acids is 1. The molecule has 0 spiro atoms. The van der Waals surface area contributed by atoms with E-state index in [1.165, 1.54) is 32.1 Å². The zero-order valence-electron chi connectivity index (χ0n) is 23.4. The number of rotatable bonds is 13. The minimum atomic E-state index is -1.04. The maximum atomic E-state index is 13.2. The molecule has 3 rings (SSSR count).